The fraction of sp³-hybridized carbons (Fsp3) is 0.667. The van der Waals surface area contributed by atoms with Crippen molar-refractivity contribution in [2.24, 2.45) is 5.92 Å². The van der Waals surface area contributed by atoms with Crippen LogP contribution in [0.25, 0.3) is 0 Å². The van der Waals surface area contributed by atoms with Gasteiger partial charge in [0.25, 0.3) is 0 Å². The van der Waals surface area contributed by atoms with Crippen molar-refractivity contribution in [1.82, 2.24) is 9.80 Å². The summed E-state index contributed by atoms with van der Waals surface area (Å²) >= 11 is 0. The second-order valence-electron chi connectivity index (χ2n) is 8.29. The first-order chi connectivity index (χ1) is 12.2. The van der Waals surface area contributed by atoms with E-state index in [1.807, 2.05) is 4.90 Å². The highest BCUT2D eigenvalue weighted by molar-refractivity contribution is 5.76. The number of rotatable bonds is 2. The predicted molar refractivity (Wildman–Crippen MR) is 98.6 cm³/mol. The van der Waals surface area contributed by atoms with E-state index in [-0.39, 0.29) is 18.6 Å². The average Bonchev–Trinajstić information content (AvgIpc) is 2.91. The zero-order chi connectivity index (χ0) is 17.4. The third-order valence-corrected chi connectivity index (χ3v) is 6.55. The Kier molecular flexibility index (Phi) is 4.72. The first kappa shape index (κ1) is 16.9. The van der Waals surface area contributed by atoms with E-state index < -0.39 is 0 Å². The highest BCUT2D eigenvalue weighted by atomic mass is 16.3. The van der Waals surface area contributed by atoms with E-state index in [0.717, 1.165) is 51.6 Å². The normalized spacial score (nSPS) is 32.1. The van der Waals surface area contributed by atoms with E-state index in [0.29, 0.717) is 18.0 Å². The molecule has 3 saturated heterocycles. The maximum Gasteiger partial charge on any atom is 0.320 e. The summed E-state index contributed by atoms with van der Waals surface area (Å²) in [6.07, 6.45) is 6.56. The summed E-state index contributed by atoms with van der Waals surface area (Å²) in [5.41, 5.74) is 2.75. The van der Waals surface area contributed by atoms with Crippen LogP contribution in [0.15, 0.2) is 24.3 Å². The monoisotopic (exact) mass is 342 g/mol. The summed E-state index contributed by atoms with van der Waals surface area (Å²) in [5.74, 6) is 0.856. The third-order valence-electron chi connectivity index (χ3n) is 6.55. The molecule has 136 valence electrons. The van der Waals surface area contributed by atoms with Crippen LogP contribution in [0.2, 0.25) is 0 Å². The van der Waals surface area contributed by atoms with Crippen LogP contribution in [0.3, 0.4) is 0 Å². The van der Waals surface area contributed by atoms with Crippen LogP contribution in [0.5, 0.6) is 0 Å². The lowest BCUT2D eigenvalue weighted by Gasteiger charge is -2.43. The summed E-state index contributed by atoms with van der Waals surface area (Å²) in [6.45, 7) is 3.92. The lowest BCUT2D eigenvalue weighted by molar-refractivity contribution is 0.0792. The Bertz CT molecular complexity index is 601. The molecule has 2 amide bonds. The molecule has 4 heteroatoms. The molecule has 1 aromatic carbocycles. The zero-order valence-corrected chi connectivity index (χ0v) is 15.2. The van der Waals surface area contributed by atoms with Crippen molar-refractivity contribution in [1.29, 1.82) is 0 Å². The number of urea groups is 1. The number of aliphatic hydroxyl groups excluding tert-OH is 1. The number of carbonyl (C=O) groups is 1. The molecule has 4 nitrogen and oxygen atoms in total. The lowest BCUT2D eigenvalue weighted by atomic mass is 9.85. The van der Waals surface area contributed by atoms with Gasteiger partial charge in [0.05, 0.1) is 0 Å². The first-order valence-electron chi connectivity index (χ1n) is 9.90. The van der Waals surface area contributed by atoms with Gasteiger partial charge in [0.1, 0.15) is 0 Å². The minimum Gasteiger partial charge on any atom is -0.396 e. The molecule has 0 aromatic heterocycles. The number of piperidine rings is 2. The standard InChI is InChI=1S/C21H30N2O2/c1-15-4-6-17(7-5-15)18-11-19-8-9-20(12-18)23(19)21(25)22-10-2-3-16(13-22)14-24/h4-7,16,18-20,24H,2-3,8-14H2,1H3/t16?,18-,19+,20-. The number of hydrogen-bond acceptors (Lipinski definition) is 2. The van der Waals surface area contributed by atoms with Crippen molar-refractivity contribution in [3.8, 4) is 0 Å². The summed E-state index contributed by atoms with van der Waals surface area (Å²) in [6, 6.07) is 9.97. The maximum absolute atomic E-state index is 13.1. The largest absolute Gasteiger partial charge is 0.396 e. The molecule has 2 bridgehead atoms. The number of aryl methyl sites for hydroxylation is 1. The summed E-state index contributed by atoms with van der Waals surface area (Å²) in [7, 11) is 0. The van der Waals surface area contributed by atoms with Crippen LogP contribution in [0.1, 0.15) is 55.6 Å². The quantitative estimate of drug-likeness (QED) is 0.893. The molecule has 0 spiro atoms. The average molecular weight is 342 g/mol. The van der Waals surface area contributed by atoms with E-state index in [4.69, 9.17) is 0 Å². The smallest absolute Gasteiger partial charge is 0.320 e. The minimum atomic E-state index is 0.201. The van der Waals surface area contributed by atoms with Gasteiger partial charge in [0.15, 0.2) is 0 Å². The molecule has 0 radical (unpaired) electrons. The van der Waals surface area contributed by atoms with Gasteiger partial charge in [-0.25, -0.2) is 4.79 Å². The molecular weight excluding hydrogens is 312 g/mol. The molecule has 1 aromatic rings. The van der Waals surface area contributed by atoms with Crippen LogP contribution in [-0.2, 0) is 0 Å². The minimum absolute atomic E-state index is 0.201. The Hall–Kier alpha value is -1.55. The number of aliphatic hydroxyl groups is 1. The molecule has 3 aliphatic rings. The molecule has 1 N–H and O–H groups in total. The molecule has 3 aliphatic heterocycles. The fourth-order valence-electron chi connectivity index (χ4n) is 5.15. The third kappa shape index (κ3) is 3.29. The van der Waals surface area contributed by atoms with E-state index in [1.165, 1.54) is 11.1 Å². The second-order valence-corrected chi connectivity index (χ2v) is 8.29. The molecule has 3 fully saturated rings. The van der Waals surface area contributed by atoms with Crippen molar-refractivity contribution in [2.45, 2.75) is 63.5 Å². The Balaban J connectivity index is 1.45. The van der Waals surface area contributed by atoms with E-state index in [1.54, 1.807) is 0 Å². The molecule has 25 heavy (non-hydrogen) atoms. The van der Waals surface area contributed by atoms with E-state index in [2.05, 4.69) is 36.1 Å². The predicted octanol–water partition coefficient (Wildman–Crippen LogP) is 3.53. The number of nitrogens with zero attached hydrogens (tertiary/aromatic N) is 2. The van der Waals surface area contributed by atoms with Crippen LogP contribution in [-0.4, -0.2) is 52.7 Å². The van der Waals surface area contributed by atoms with Gasteiger partial charge in [-0.05, 0) is 62.8 Å². The van der Waals surface area contributed by atoms with Crippen LogP contribution < -0.4 is 0 Å². The maximum atomic E-state index is 13.1. The van der Waals surface area contributed by atoms with Crippen LogP contribution in [0.4, 0.5) is 4.79 Å². The van der Waals surface area contributed by atoms with Gasteiger partial charge in [0, 0.05) is 31.8 Å². The molecule has 3 heterocycles. The second kappa shape index (κ2) is 6.99. The van der Waals surface area contributed by atoms with Gasteiger partial charge in [-0.15, -0.1) is 0 Å². The van der Waals surface area contributed by atoms with Gasteiger partial charge in [0.2, 0.25) is 0 Å². The van der Waals surface area contributed by atoms with Gasteiger partial charge in [-0.2, -0.15) is 0 Å². The molecule has 0 saturated carbocycles. The lowest BCUT2D eigenvalue weighted by Crippen LogP contribution is -2.54. The van der Waals surface area contributed by atoms with Gasteiger partial charge in [-0.1, -0.05) is 29.8 Å². The van der Waals surface area contributed by atoms with E-state index >= 15 is 0 Å². The highest BCUT2D eigenvalue weighted by Gasteiger charge is 2.45. The Morgan fingerprint density at radius 2 is 1.80 bits per heavy atom. The molecule has 0 aliphatic carbocycles. The molecular formula is C21H30N2O2. The number of benzene rings is 1. The van der Waals surface area contributed by atoms with Gasteiger partial charge < -0.3 is 14.9 Å². The number of carbonyl (C=O) groups excluding carboxylic acids is 1. The molecule has 4 atom stereocenters. The number of likely N-dealkylation sites (tertiary alicyclic amines) is 1. The number of hydrogen-bond donors (Lipinski definition) is 1. The SMILES string of the molecule is Cc1ccc([C@H]2C[C@H]3CC[C@@H](C2)N3C(=O)N2CCCC(CO)C2)cc1. The number of amides is 2. The summed E-state index contributed by atoms with van der Waals surface area (Å²) < 4.78 is 0. The molecule has 4 rings (SSSR count). The fourth-order valence-corrected chi connectivity index (χ4v) is 5.15. The van der Waals surface area contributed by atoms with Crippen molar-refractivity contribution in [2.75, 3.05) is 19.7 Å². The Labute approximate surface area is 150 Å². The summed E-state index contributed by atoms with van der Waals surface area (Å²) in [5, 5.41) is 9.45. The topological polar surface area (TPSA) is 43.8 Å². The molecule has 1 unspecified atom stereocenters. The Morgan fingerprint density at radius 1 is 1.12 bits per heavy atom. The van der Waals surface area contributed by atoms with Crippen LogP contribution >= 0.6 is 0 Å². The van der Waals surface area contributed by atoms with Gasteiger partial charge in [-0.3, -0.25) is 0 Å². The van der Waals surface area contributed by atoms with Crippen molar-refractivity contribution >= 4 is 6.03 Å². The number of fused-ring (bicyclic) bond motifs is 2. The van der Waals surface area contributed by atoms with Gasteiger partial charge >= 0.3 is 6.03 Å². The summed E-state index contributed by atoms with van der Waals surface area (Å²) in [4.78, 5) is 17.3. The van der Waals surface area contributed by atoms with E-state index in [9.17, 15) is 9.90 Å². The van der Waals surface area contributed by atoms with Crippen LogP contribution in [0, 0.1) is 12.8 Å². The van der Waals surface area contributed by atoms with Crippen molar-refractivity contribution in [3.63, 3.8) is 0 Å². The Morgan fingerprint density at radius 3 is 2.44 bits per heavy atom. The van der Waals surface area contributed by atoms with Crippen molar-refractivity contribution < 1.29 is 9.90 Å². The first-order valence-corrected chi connectivity index (χ1v) is 9.90. The highest BCUT2D eigenvalue weighted by Crippen LogP contribution is 2.43. The zero-order valence-electron chi connectivity index (χ0n) is 15.2. The van der Waals surface area contributed by atoms with Crippen molar-refractivity contribution in [3.05, 3.63) is 35.4 Å².